The summed E-state index contributed by atoms with van der Waals surface area (Å²) in [5.41, 5.74) is 0.563. The van der Waals surface area contributed by atoms with E-state index in [1.807, 2.05) is 0 Å². The Labute approximate surface area is 165 Å². The second kappa shape index (κ2) is 8.58. The minimum Gasteiger partial charge on any atom is -0.490 e. The number of para-hydroxylation sites is 2. The molecular weight excluding hydrogens is 382 g/mol. The molecule has 0 unspecified atom stereocenters. The normalized spacial score (nSPS) is 10.5. The first-order valence-corrected chi connectivity index (χ1v) is 8.99. The Morgan fingerprint density at radius 2 is 1.93 bits per heavy atom. The number of H-pyrrole nitrogens is 1. The van der Waals surface area contributed by atoms with Crippen molar-refractivity contribution in [2.75, 3.05) is 18.5 Å². The molecule has 3 aromatic rings. The second-order valence-corrected chi connectivity index (χ2v) is 6.26. The van der Waals surface area contributed by atoms with Crippen molar-refractivity contribution >= 4 is 40.0 Å². The van der Waals surface area contributed by atoms with Crippen LogP contribution >= 0.6 is 11.6 Å². The number of carbonyl (C=O) groups is 2. The first kappa shape index (κ1) is 19.4. The molecule has 0 atom stereocenters. The summed E-state index contributed by atoms with van der Waals surface area (Å²) in [4.78, 5) is 39.9. The van der Waals surface area contributed by atoms with Crippen molar-refractivity contribution in [2.45, 2.75) is 6.92 Å². The number of nitrogens with one attached hydrogen (secondary N) is 3. The highest BCUT2D eigenvalue weighted by molar-refractivity contribution is 6.32. The third-order valence-electron chi connectivity index (χ3n) is 3.97. The molecule has 0 fully saturated rings. The standard InChI is InChI=1S/C20H18ClN3O4/c1-2-28-19-14(21)7-5-9-16(19)24-17(25)11-23-20(27)13-10-22-15-8-4-3-6-12(15)18(13)26/h3-10H,2,11H2,1H3,(H,22,26)(H,23,27)(H,24,25). The second-order valence-electron chi connectivity index (χ2n) is 5.86. The molecule has 28 heavy (non-hydrogen) atoms. The molecule has 8 heteroatoms. The monoisotopic (exact) mass is 399 g/mol. The molecule has 1 aromatic heterocycles. The molecule has 2 aromatic carbocycles. The molecule has 7 nitrogen and oxygen atoms in total. The molecule has 3 N–H and O–H groups in total. The Hall–Kier alpha value is -3.32. The van der Waals surface area contributed by atoms with Gasteiger partial charge in [-0.1, -0.05) is 29.8 Å². The number of amides is 2. The number of hydrogen-bond acceptors (Lipinski definition) is 4. The van der Waals surface area contributed by atoms with Crippen LogP contribution in [0.5, 0.6) is 5.75 Å². The van der Waals surface area contributed by atoms with E-state index in [-0.39, 0.29) is 12.1 Å². The maximum absolute atomic E-state index is 12.4. The fourth-order valence-electron chi connectivity index (χ4n) is 2.68. The number of aromatic amines is 1. The zero-order valence-electron chi connectivity index (χ0n) is 15.0. The molecule has 0 aliphatic rings. The number of anilines is 1. The predicted molar refractivity (Wildman–Crippen MR) is 108 cm³/mol. The van der Waals surface area contributed by atoms with Gasteiger partial charge in [-0.2, -0.15) is 0 Å². The zero-order valence-corrected chi connectivity index (χ0v) is 15.8. The van der Waals surface area contributed by atoms with E-state index >= 15 is 0 Å². The molecule has 1 heterocycles. The fourth-order valence-corrected chi connectivity index (χ4v) is 2.91. The van der Waals surface area contributed by atoms with Gasteiger partial charge in [0.15, 0.2) is 5.75 Å². The molecular formula is C20H18ClN3O4. The topological polar surface area (TPSA) is 100 Å². The Bertz CT molecular complexity index is 1090. The van der Waals surface area contributed by atoms with Crippen LogP contribution in [0.3, 0.4) is 0 Å². The van der Waals surface area contributed by atoms with Crippen LogP contribution < -0.4 is 20.8 Å². The predicted octanol–water partition coefficient (Wildman–Crippen LogP) is 2.95. The average molecular weight is 400 g/mol. The molecule has 2 amide bonds. The lowest BCUT2D eigenvalue weighted by Gasteiger charge is -2.13. The number of halogens is 1. The number of aromatic nitrogens is 1. The van der Waals surface area contributed by atoms with E-state index in [0.717, 1.165) is 0 Å². The number of hydrogen-bond donors (Lipinski definition) is 3. The Balaban J connectivity index is 1.69. The Morgan fingerprint density at radius 1 is 1.14 bits per heavy atom. The Morgan fingerprint density at radius 3 is 2.71 bits per heavy atom. The molecule has 0 spiro atoms. The van der Waals surface area contributed by atoms with Gasteiger partial charge in [-0.25, -0.2) is 0 Å². The summed E-state index contributed by atoms with van der Waals surface area (Å²) in [5, 5.41) is 5.85. The van der Waals surface area contributed by atoms with E-state index in [1.54, 1.807) is 49.4 Å². The molecule has 144 valence electrons. The molecule has 0 saturated heterocycles. The SMILES string of the molecule is CCOc1c(Cl)cccc1NC(=O)CNC(=O)c1c[nH]c2ccccc2c1=O. The summed E-state index contributed by atoms with van der Waals surface area (Å²) in [6.07, 6.45) is 1.34. The van der Waals surface area contributed by atoms with Gasteiger partial charge < -0.3 is 20.4 Å². The van der Waals surface area contributed by atoms with E-state index < -0.39 is 17.2 Å². The van der Waals surface area contributed by atoms with Crippen LogP contribution in [0.25, 0.3) is 10.9 Å². The van der Waals surface area contributed by atoms with Gasteiger partial charge in [0.25, 0.3) is 5.91 Å². The zero-order chi connectivity index (χ0) is 20.1. The highest BCUT2D eigenvalue weighted by Gasteiger charge is 2.15. The third kappa shape index (κ3) is 4.15. The lowest BCUT2D eigenvalue weighted by atomic mass is 10.1. The van der Waals surface area contributed by atoms with Crippen LogP contribution in [0.2, 0.25) is 5.02 Å². The van der Waals surface area contributed by atoms with Gasteiger partial charge in [0, 0.05) is 17.1 Å². The van der Waals surface area contributed by atoms with Gasteiger partial charge in [-0.3, -0.25) is 14.4 Å². The summed E-state index contributed by atoms with van der Waals surface area (Å²) < 4.78 is 5.44. The number of pyridine rings is 1. The summed E-state index contributed by atoms with van der Waals surface area (Å²) in [5.74, 6) is -0.760. The number of fused-ring (bicyclic) bond motifs is 1. The maximum atomic E-state index is 12.4. The van der Waals surface area contributed by atoms with Gasteiger partial charge in [0.1, 0.15) is 5.56 Å². The van der Waals surface area contributed by atoms with E-state index in [4.69, 9.17) is 16.3 Å². The van der Waals surface area contributed by atoms with Crippen LogP contribution in [-0.4, -0.2) is 29.9 Å². The van der Waals surface area contributed by atoms with E-state index in [9.17, 15) is 14.4 Å². The van der Waals surface area contributed by atoms with Crippen molar-refractivity contribution in [3.8, 4) is 5.75 Å². The summed E-state index contributed by atoms with van der Waals surface area (Å²) in [6, 6.07) is 11.8. The van der Waals surface area contributed by atoms with Crippen LogP contribution in [-0.2, 0) is 4.79 Å². The highest BCUT2D eigenvalue weighted by Crippen LogP contribution is 2.32. The van der Waals surface area contributed by atoms with Gasteiger partial charge in [0.05, 0.1) is 23.9 Å². The lowest BCUT2D eigenvalue weighted by molar-refractivity contribution is -0.115. The third-order valence-corrected chi connectivity index (χ3v) is 4.27. The number of ether oxygens (including phenoxy) is 1. The lowest BCUT2D eigenvalue weighted by Crippen LogP contribution is -2.35. The van der Waals surface area contributed by atoms with Crippen LogP contribution in [0.4, 0.5) is 5.69 Å². The molecule has 0 aliphatic heterocycles. The van der Waals surface area contributed by atoms with Crippen LogP contribution in [0.1, 0.15) is 17.3 Å². The Kier molecular flexibility index (Phi) is 5.96. The van der Waals surface area contributed by atoms with Gasteiger partial charge in [-0.05, 0) is 31.2 Å². The molecule has 0 bridgehead atoms. The van der Waals surface area contributed by atoms with Crippen molar-refractivity contribution in [3.63, 3.8) is 0 Å². The van der Waals surface area contributed by atoms with E-state index in [1.165, 1.54) is 6.20 Å². The number of carbonyl (C=O) groups excluding carboxylic acids is 2. The number of benzene rings is 2. The molecule has 0 saturated carbocycles. The van der Waals surface area contributed by atoms with Crippen LogP contribution in [0.15, 0.2) is 53.5 Å². The fraction of sp³-hybridized carbons (Fsp3) is 0.150. The van der Waals surface area contributed by atoms with Crippen molar-refractivity contribution in [3.05, 3.63) is 69.5 Å². The molecule has 0 radical (unpaired) electrons. The molecule has 0 aliphatic carbocycles. The summed E-state index contributed by atoms with van der Waals surface area (Å²) in [7, 11) is 0. The van der Waals surface area contributed by atoms with Gasteiger partial charge >= 0.3 is 0 Å². The highest BCUT2D eigenvalue weighted by atomic mass is 35.5. The molecule has 3 rings (SSSR count). The smallest absolute Gasteiger partial charge is 0.257 e. The maximum Gasteiger partial charge on any atom is 0.257 e. The van der Waals surface area contributed by atoms with Crippen molar-refractivity contribution in [1.29, 1.82) is 0 Å². The van der Waals surface area contributed by atoms with E-state index in [2.05, 4.69) is 15.6 Å². The van der Waals surface area contributed by atoms with E-state index in [0.29, 0.717) is 34.0 Å². The summed E-state index contributed by atoms with van der Waals surface area (Å²) in [6.45, 7) is 1.87. The van der Waals surface area contributed by atoms with Crippen molar-refractivity contribution in [2.24, 2.45) is 0 Å². The van der Waals surface area contributed by atoms with Gasteiger partial charge in [0.2, 0.25) is 11.3 Å². The van der Waals surface area contributed by atoms with Crippen molar-refractivity contribution < 1.29 is 14.3 Å². The summed E-state index contributed by atoms with van der Waals surface area (Å²) >= 11 is 6.08. The largest absolute Gasteiger partial charge is 0.490 e. The average Bonchev–Trinajstić information content (AvgIpc) is 2.69. The first-order valence-electron chi connectivity index (χ1n) is 8.61. The number of rotatable bonds is 6. The quantitative estimate of drug-likeness (QED) is 0.593. The van der Waals surface area contributed by atoms with Gasteiger partial charge in [-0.15, -0.1) is 0 Å². The minimum absolute atomic E-state index is 0.0655. The van der Waals surface area contributed by atoms with Crippen molar-refractivity contribution in [1.82, 2.24) is 10.3 Å². The minimum atomic E-state index is -0.640. The van der Waals surface area contributed by atoms with Crippen LogP contribution in [0, 0.1) is 0 Å². The first-order chi connectivity index (χ1) is 13.5.